The average Bonchev–Trinajstić information content (AvgIpc) is 1.58. The lowest BCUT2D eigenvalue weighted by Gasteiger charge is -2.55. The van der Waals surface area contributed by atoms with Crippen LogP contribution in [0.15, 0.2) is 0 Å². The van der Waals surface area contributed by atoms with Gasteiger partial charge >= 0.3 is 0 Å². The molecule has 0 unspecified atom stereocenters. The maximum absolute atomic E-state index is 2.36. The van der Waals surface area contributed by atoms with E-state index in [9.17, 15) is 0 Å². The predicted octanol–water partition coefficient (Wildman–Crippen LogP) is 1.88. The molecule has 0 N–H and O–H groups in total. The van der Waals surface area contributed by atoms with Gasteiger partial charge < -0.3 is 4.48 Å². The Morgan fingerprint density at radius 2 is 1.60 bits per heavy atom. The van der Waals surface area contributed by atoms with Crippen LogP contribution in [0.3, 0.4) is 0 Å². The van der Waals surface area contributed by atoms with Crippen molar-refractivity contribution in [3.8, 4) is 0 Å². The molecule has 10 heavy (non-hydrogen) atoms. The summed E-state index contributed by atoms with van der Waals surface area (Å²) in [4.78, 5) is 0. The number of hydrogen-bond donors (Lipinski definition) is 0. The predicted molar refractivity (Wildman–Crippen MR) is 44.8 cm³/mol. The summed E-state index contributed by atoms with van der Waals surface area (Å²) in [5, 5.41) is 0. The van der Waals surface area contributed by atoms with Crippen molar-refractivity contribution in [3.05, 3.63) is 0 Å². The Bertz CT molecular complexity index is 126. The SMILES string of the molecule is CC1C[N+](C)(C(C)(C)C)C1. The summed E-state index contributed by atoms with van der Waals surface area (Å²) < 4.78 is 1.26. The van der Waals surface area contributed by atoms with Crippen LogP contribution in [0.1, 0.15) is 27.7 Å². The molecule has 0 aromatic carbocycles. The fourth-order valence-electron chi connectivity index (χ4n) is 1.87. The molecule has 1 heterocycles. The molecule has 60 valence electrons. The summed E-state index contributed by atoms with van der Waals surface area (Å²) in [6, 6.07) is 0. The number of likely N-dealkylation sites (tertiary alicyclic amines) is 1. The van der Waals surface area contributed by atoms with Crippen LogP contribution in [0.5, 0.6) is 0 Å². The molecular formula is C9H20N+. The van der Waals surface area contributed by atoms with Gasteiger partial charge in [0, 0.05) is 0 Å². The normalized spacial score (nSPS) is 41.1. The fraction of sp³-hybridized carbons (Fsp3) is 1.00. The van der Waals surface area contributed by atoms with Gasteiger partial charge in [0.1, 0.15) is 0 Å². The molecule has 0 bridgehead atoms. The Morgan fingerprint density at radius 3 is 1.70 bits per heavy atom. The Morgan fingerprint density at radius 1 is 1.20 bits per heavy atom. The largest absolute Gasteiger partial charge is 0.321 e. The molecule has 1 rings (SSSR count). The highest BCUT2D eigenvalue weighted by Gasteiger charge is 2.45. The first-order valence-corrected chi connectivity index (χ1v) is 4.20. The minimum absolute atomic E-state index is 0.451. The van der Waals surface area contributed by atoms with Gasteiger partial charge in [-0.3, -0.25) is 0 Å². The molecule has 1 fully saturated rings. The van der Waals surface area contributed by atoms with Crippen LogP contribution in [0.2, 0.25) is 0 Å². The van der Waals surface area contributed by atoms with Crippen molar-refractivity contribution >= 4 is 0 Å². The van der Waals surface area contributed by atoms with Gasteiger partial charge in [0.2, 0.25) is 0 Å². The average molecular weight is 142 g/mol. The van der Waals surface area contributed by atoms with Crippen molar-refractivity contribution in [3.63, 3.8) is 0 Å². The van der Waals surface area contributed by atoms with Gasteiger partial charge in [0.15, 0.2) is 0 Å². The van der Waals surface area contributed by atoms with E-state index in [1.165, 1.54) is 17.6 Å². The lowest BCUT2D eigenvalue weighted by molar-refractivity contribution is -0.996. The molecular weight excluding hydrogens is 122 g/mol. The van der Waals surface area contributed by atoms with Crippen molar-refractivity contribution in [1.82, 2.24) is 0 Å². The van der Waals surface area contributed by atoms with Crippen LogP contribution in [-0.2, 0) is 0 Å². The van der Waals surface area contributed by atoms with E-state index in [-0.39, 0.29) is 0 Å². The summed E-state index contributed by atoms with van der Waals surface area (Å²) in [7, 11) is 2.36. The van der Waals surface area contributed by atoms with E-state index in [4.69, 9.17) is 0 Å². The molecule has 0 radical (unpaired) electrons. The van der Waals surface area contributed by atoms with E-state index in [2.05, 4.69) is 34.7 Å². The molecule has 0 aromatic heterocycles. The van der Waals surface area contributed by atoms with E-state index in [0.29, 0.717) is 5.54 Å². The summed E-state index contributed by atoms with van der Waals surface area (Å²) >= 11 is 0. The number of nitrogens with zero attached hydrogens (tertiary/aromatic N) is 1. The van der Waals surface area contributed by atoms with E-state index < -0.39 is 0 Å². The van der Waals surface area contributed by atoms with Gasteiger partial charge in [-0.15, -0.1) is 0 Å². The lowest BCUT2D eigenvalue weighted by atomic mass is 9.89. The Labute approximate surface area is 64.6 Å². The first-order valence-electron chi connectivity index (χ1n) is 4.20. The third kappa shape index (κ3) is 1.07. The zero-order valence-electron chi connectivity index (χ0n) is 7.94. The molecule has 1 heteroatoms. The molecule has 0 amide bonds. The first-order chi connectivity index (χ1) is 4.35. The van der Waals surface area contributed by atoms with Crippen molar-refractivity contribution in [2.45, 2.75) is 33.2 Å². The smallest absolute Gasteiger partial charge is 0.0905 e. The van der Waals surface area contributed by atoms with Crippen LogP contribution in [0, 0.1) is 5.92 Å². The fourth-order valence-corrected chi connectivity index (χ4v) is 1.87. The second-order valence-electron chi connectivity index (χ2n) is 5.04. The summed E-state index contributed by atoms with van der Waals surface area (Å²) in [5.74, 6) is 0.948. The molecule has 1 nitrogen and oxygen atoms in total. The third-order valence-corrected chi connectivity index (χ3v) is 3.05. The highest BCUT2D eigenvalue weighted by molar-refractivity contribution is 4.72. The summed E-state index contributed by atoms with van der Waals surface area (Å²) in [6.45, 7) is 12.1. The second-order valence-corrected chi connectivity index (χ2v) is 5.04. The van der Waals surface area contributed by atoms with Crippen molar-refractivity contribution in [2.75, 3.05) is 20.1 Å². The third-order valence-electron chi connectivity index (χ3n) is 3.05. The van der Waals surface area contributed by atoms with Crippen molar-refractivity contribution in [1.29, 1.82) is 0 Å². The highest BCUT2D eigenvalue weighted by atomic mass is 15.4. The Balaban J connectivity index is 2.57. The summed E-state index contributed by atoms with van der Waals surface area (Å²) in [6.07, 6.45) is 0. The van der Waals surface area contributed by atoms with Crippen LogP contribution < -0.4 is 0 Å². The van der Waals surface area contributed by atoms with Crippen molar-refractivity contribution < 1.29 is 4.48 Å². The van der Waals surface area contributed by atoms with Crippen LogP contribution in [-0.4, -0.2) is 30.2 Å². The zero-order chi connectivity index (χ0) is 7.99. The molecule has 1 saturated heterocycles. The molecule has 0 aliphatic carbocycles. The molecule has 1 aliphatic rings. The topological polar surface area (TPSA) is 0 Å². The van der Waals surface area contributed by atoms with Gasteiger partial charge in [-0.1, -0.05) is 6.92 Å². The monoisotopic (exact) mass is 142 g/mol. The minimum Gasteiger partial charge on any atom is -0.321 e. The highest BCUT2D eigenvalue weighted by Crippen LogP contribution is 2.32. The van der Waals surface area contributed by atoms with Crippen molar-refractivity contribution in [2.24, 2.45) is 5.92 Å². The molecule has 1 aliphatic heterocycles. The van der Waals surface area contributed by atoms with Gasteiger partial charge in [-0.2, -0.15) is 0 Å². The lowest BCUT2D eigenvalue weighted by Crippen LogP contribution is -2.68. The molecule has 0 aromatic rings. The van der Waals surface area contributed by atoms with E-state index in [0.717, 1.165) is 5.92 Å². The second kappa shape index (κ2) is 1.97. The van der Waals surface area contributed by atoms with E-state index in [1.54, 1.807) is 0 Å². The quantitative estimate of drug-likeness (QED) is 0.453. The van der Waals surface area contributed by atoms with Gasteiger partial charge in [0.25, 0.3) is 0 Å². The van der Waals surface area contributed by atoms with Gasteiger partial charge in [-0.05, 0) is 20.8 Å². The standard InChI is InChI=1S/C9H20N/c1-8-6-10(5,7-8)9(2,3)4/h8H,6-7H2,1-5H3/q+1. The molecule has 0 saturated carbocycles. The molecule has 0 atom stereocenters. The molecule has 0 spiro atoms. The minimum atomic E-state index is 0.451. The number of rotatable bonds is 0. The Kier molecular flexibility index (Phi) is 1.59. The summed E-state index contributed by atoms with van der Waals surface area (Å²) in [5.41, 5.74) is 0.451. The zero-order valence-corrected chi connectivity index (χ0v) is 7.94. The maximum atomic E-state index is 2.36. The van der Waals surface area contributed by atoms with Crippen LogP contribution in [0.25, 0.3) is 0 Å². The number of quaternary nitrogens is 1. The van der Waals surface area contributed by atoms with E-state index in [1.807, 2.05) is 0 Å². The maximum Gasteiger partial charge on any atom is 0.0905 e. The first kappa shape index (κ1) is 8.06. The van der Waals surface area contributed by atoms with E-state index >= 15 is 0 Å². The Hall–Kier alpha value is -0.0400. The number of hydrogen-bond acceptors (Lipinski definition) is 0. The van der Waals surface area contributed by atoms with Gasteiger partial charge in [-0.25, -0.2) is 0 Å². The van der Waals surface area contributed by atoms with Crippen LogP contribution >= 0.6 is 0 Å². The van der Waals surface area contributed by atoms with Gasteiger partial charge in [0.05, 0.1) is 31.6 Å². The van der Waals surface area contributed by atoms with Crippen LogP contribution in [0.4, 0.5) is 0 Å².